The third kappa shape index (κ3) is 3.70. The van der Waals surface area contributed by atoms with Crippen molar-refractivity contribution in [2.24, 2.45) is 0 Å². The standard InChI is InChI=1S/C7H13N/c1-4-6-8-7(3)5-2/h2,7-8H,4,6H2,1,3H3. The molecule has 0 saturated carbocycles. The molecule has 0 aromatic rings. The second-order valence-electron chi connectivity index (χ2n) is 1.84. The average Bonchev–Trinajstić information content (AvgIpc) is 1.83. The first kappa shape index (κ1) is 7.52. The van der Waals surface area contributed by atoms with Crippen molar-refractivity contribution < 1.29 is 0 Å². The molecular formula is C7H13N. The third-order valence-corrected chi connectivity index (χ3v) is 0.951. The lowest BCUT2D eigenvalue weighted by Crippen LogP contribution is -2.24. The molecule has 0 aliphatic carbocycles. The van der Waals surface area contributed by atoms with Crippen molar-refractivity contribution >= 4 is 0 Å². The van der Waals surface area contributed by atoms with Crippen molar-refractivity contribution in [2.75, 3.05) is 6.54 Å². The van der Waals surface area contributed by atoms with Crippen LogP contribution < -0.4 is 5.32 Å². The molecule has 0 aromatic heterocycles. The molecule has 0 aromatic carbocycles. The molecule has 46 valence electrons. The molecule has 0 amide bonds. The van der Waals surface area contributed by atoms with Crippen molar-refractivity contribution in [3.63, 3.8) is 0 Å². The summed E-state index contributed by atoms with van der Waals surface area (Å²) < 4.78 is 0. The molecule has 0 radical (unpaired) electrons. The van der Waals surface area contributed by atoms with Crippen LogP contribution in [0.3, 0.4) is 0 Å². The van der Waals surface area contributed by atoms with Gasteiger partial charge in [0.2, 0.25) is 0 Å². The molecule has 8 heavy (non-hydrogen) atoms. The zero-order chi connectivity index (χ0) is 6.41. The van der Waals surface area contributed by atoms with Crippen LogP contribution in [0.5, 0.6) is 0 Å². The van der Waals surface area contributed by atoms with Crippen LogP contribution in [0.2, 0.25) is 0 Å². The van der Waals surface area contributed by atoms with Gasteiger partial charge in [0.15, 0.2) is 0 Å². The minimum Gasteiger partial charge on any atom is -0.304 e. The van der Waals surface area contributed by atoms with Crippen molar-refractivity contribution in [1.29, 1.82) is 0 Å². The molecule has 0 fully saturated rings. The Kier molecular flexibility index (Phi) is 4.39. The highest BCUT2D eigenvalue weighted by Crippen LogP contribution is 1.76. The summed E-state index contributed by atoms with van der Waals surface area (Å²) >= 11 is 0. The van der Waals surface area contributed by atoms with Crippen molar-refractivity contribution in [3.8, 4) is 12.3 Å². The summed E-state index contributed by atoms with van der Waals surface area (Å²) in [4.78, 5) is 0. The largest absolute Gasteiger partial charge is 0.304 e. The summed E-state index contributed by atoms with van der Waals surface area (Å²) in [5.74, 6) is 2.59. The third-order valence-electron chi connectivity index (χ3n) is 0.951. The predicted molar refractivity (Wildman–Crippen MR) is 36.6 cm³/mol. The molecule has 1 atom stereocenters. The van der Waals surface area contributed by atoms with Crippen LogP contribution in [0, 0.1) is 12.3 Å². The monoisotopic (exact) mass is 111 g/mol. The van der Waals surface area contributed by atoms with Crippen LogP contribution in [-0.2, 0) is 0 Å². The van der Waals surface area contributed by atoms with Gasteiger partial charge in [-0.05, 0) is 19.9 Å². The topological polar surface area (TPSA) is 12.0 Å². The van der Waals surface area contributed by atoms with Crippen LogP contribution in [0.1, 0.15) is 20.3 Å². The predicted octanol–water partition coefficient (Wildman–Crippen LogP) is 1.01. The van der Waals surface area contributed by atoms with Gasteiger partial charge in [-0.15, -0.1) is 6.42 Å². The molecule has 0 aliphatic rings. The number of nitrogens with one attached hydrogen (secondary N) is 1. The molecule has 0 aliphatic heterocycles. The van der Waals surface area contributed by atoms with E-state index in [-0.39, 0.29) is 6.04 Å². The summed E-state index contributed by atoms with van der Waals surface area (Å²) in [5.41, 5.74) is 0. The van der Waals surface area contributed by atoms with E-state index < -0.39 is 0 Å². The second kappa shape index (κ2) is 4.67. The summed E-state index contributed by atoms with van der Waals surface area (Å²) in [6.45, 7) is 5.12. The Bertz CT molecular complexity index is 80.9. The van der Waals surface area contributed by atoms with E-state index in [2.05, 4.69) is 18.2 Å². The summed E-state index contributed by atoms with van der Waals surface area (Å²) in [6.07, 6.45) is 6.25. The van der Waals surface area contributed by atoms with E-state index in [1.165, 1.54) is 0 Å². The second-order valence-corrected chi connectivity index (χ2v) is 1.84. The van der Waals surface area contributed by atoms with Gasteiger partial charge in [-0.25, -0.2) is 0 Å². The van der Waals surface area contributed by atoms with E-state index in [9.17, 15) is 0 Å². The van der Waals surface area contributed by atoms with Gasteiger partial charge >= 0.3 is 0 Å². The average molecular weight is 111 g/mol. The highest BCUT2D eigenvalue weighted by molar-refractivity contribution is 4.95. The lowest BCUT2D eigenvalue weighted by atomic mass is 10.3. The lowest BCUT2D eigenvalue weighted by molar-refractivity contribution is 0.637. The number of rotatable bonds is 3. The zero-order valence-electron chi connectivity index (χ0n) is 5.57. The van der Waals surface area contributed by atoms with E-state index in [4.69, 9.17) is 6.42 Å². The Morgan fingerprint density at radius 2 is 2.38 bits per heavy atom. The lowest BCUT2D eigenvalue weighted by Gasteiger charge is -2.03. The molecule has 0 rings (SSSR count). The number of hydrogen-bond donors (Lipinski definition) is 1. The SMILES string of the molecule is C#CC(C)NCCC. The van der Waals surface area contributed by atoms with Crippen LogP contribution in [0.4, 0.5) is 0 Å². The molecule has 0 saturated heterocycles. The first-order chi connectivity index (χ1) is 3.81. The molecule has 1 nitrogen and oxygen atoms in total. The Balaban J connectivity index is 3.02. The van der Waals surface area contributed by atoms with Gasteiger partial charge in [-0.1, -0.05) is 12.8 Å². The first-order valence-corrected chi connectivity index (χ1v) is 3.00. The van der Waals surface area contributed by atoms with Gasteiger partial charge in [0.1, 0.15) is 0 Å². The summed E-state index contributed by atoms with van der Waals surface area (Å²) in [6, 6.07) is 0.231. The van der Waals surface area contributed by atoms with Gasteiger partial charge < -0.3 is 5.32 Å². The van der Waals surface area contributed by atoms with Crippen LogP contribution in [0.15, 0.2) is 0 Å². The van der Waals surface area contributed by atoms with Gasteiger partial charge in [0, 0.05) is 0 Å². The summed E-state index contributed by atoms with van der Waals surface area (Å²) in [5, 5.41) is 3.15. The van der Waals surface area contributed by atoms with E-state index in [0.29, 0.717) is 0 Å². The van der Waals surface area contributed by atoms with Crippen molar-refractivity contribution in [3.05, 3.63) is 0 Å². The molecular weight excluding hydrogens is 98.1 g/mol. The zero-order valence-corrected chi connectivity index (χ0v) is 5.57. The van der Waals surface area contributed by atoms with Crippen molar-refractivity contribution in [1.82, 2.24) is 5.32 Å². The summed E-state index contributed by atoms with van der Waals surface area (Å²) in [7, 11) is 0. The van der Waals surface area contributed by atoms with Gasteiger partial charge in [0.05, 0.1) is 6.04 Å². The maximum atomic E-state index is 5.10. The van der Waals surface area contributed by atoms with Crippen LogP contribution >= 0.6 is 0 Å². The Morgan fingerprint density at radius 1 is 1.75 bits per heavy atom. The highest BCUT2D eigenvalue weighted by atomic mass is 14.9. The number of terminal acetylenes is 1. The van der Waals surface area contributed by atoms with Gasteiger partial charge in [-0.3, -0.25) is 0 Å². The maximum Gasteiger partial charge on any atom is 0.0658 e. The maximum absolute atomic E-state index is 5.10. The Hall–Kier alpha value is -0.480. The van der Waals surface area contributed by atoms with E-state index in [0.717, 1.165) is 13.0 Å². The van der Waals surface area contributed by atoms with Gasteiger partial charge in [0.25, 0.3) is 0 Å². The fourth-order valence-corrected chi connectivity index (χ4v) is 0.420. The minimum absolute atomic E-state index is 0.231. The molecule has 1 unspecified atom stereocenters. The Morgan fingerprint density at radius 3 is 2.75 bits per heavy atom. The Labute approximate surface area is 51.5 Å². The highest BCUT2D eigenvalue weighted by Gasteiger charge is 1.89. The normalized spacial score (nSPS) is 12.6. The van der Waals surface area contributed by atoms with Crippen LogP contribution in [0.25, 0.3) is 0 Å². The van der Waals surface area contributed by atoms with E-state index in [1.807, 2.05) is 6.92 Å². The fraction of sp³-hybridized carbons (Fsp3) is 0.714. The molecule has 0 bridgehead atoms. The first-order valence-electron chi connectivity index (χ1n) is 3.00. The van der Waals surface area contributed by atoms with Crippen LogP contribution in [-0.4, -0.2) is 12.6 Å². The molecule has 1 heteroatoms. The van der Waals surface area contributed by atoms with E-state index in [1.54, 1.807) is 0 Å². The molecule has 0 spiro atoms. The van der Waals surface area contributed by atoms with E-state index >= 15 is 0 Å². The quantitative estimate of drug-likeness (QED) is 0.536. The smallest absolute Gasteiger partial charge is 0.0658 e. The fourth-order valence-electron chi connectivity index (χ4n) is 0.420. The minimum atomic E-state index is 0.231. The van der Waals surface area contributed by atoms with Gasteiger partial charge in [-0.2, -0.15) is 0 Å². The molecule has 1 N–H and O–H groups in total. The molecule has 0 heterocycles. The van der Waals surface area contributed by atoms with Crippen molar-refractivity contribution in [2.45, 2.75) is 26.3 Å². The number of hydrogen-bond acceptors (Lipinski definition) is 1.